The Hall–Kier alpha value is -3.14. The Morgan fingerprint density at radius 1 is 1.09 bits per heavy atom. The fourth-order valence-electron chi connectivity index (χ4n) is 5.94. The van der Waals surface area contributed by atoms with Gasteiger partial charge in [0.15, 0.2) is 5.82 Å². The quantitative estimate of drug-likeness (QED) is 0.517. The molecule has 8 rings (SSSR count). The summed E-state index contributed by atoms with van der Waals surface area (Å²) in [5.74, 6) is 3.34. The molecule has 10 heteroatoms. The first-order chi connectivity index (χ1) is 16.7. The third-order valence-corrected chi connectivity index (χ3v) is 8.03. The molecule has 0 radical (unpaired) electrons. The highest BCUT2D eigenvalue weighted by Gasteiger charge is 2.39. The molecule has 3 N–H and O–H groups in total. The van der Waals surface area contributed by atoms with Crippen LogP contribution in [0.3, 0.4) is 0 Å². The van der Waals surface area contributed by atoms with Crippen LogP contribution in [0.4, 0.5) is 17.7 Å². The number of H-pyrrole nitrogens is 1. The van der Waals surface area contributed by atoms with E-state index >= 15 is 0 Å². The van der Waals surface area contributed by atoms with Crippen molar-refractivity contribution in [2.24, 2.45) is 5.92 Å². The summed E-state index contributed by atoms with van der Waals surface area (Å²) < 4.78 is 1.92. The molecule has 0 aromatic carbocycles. The predicted molar refractivity (Wildman–Crippen MR) is 128 cm³/mol. The van der Waals surface area contributed by atoms with E-state index in [0.29, 0.717) is 23.7 Å². The molecular formula is C24H31N9O. The van der Waals surface area contributed by atoms with Crippen molar-refractivity contribution in [3.8, 4) is 0 Å². The summed E-state index contributed by atoms with van der Waals surface area (Å²) in [6, 6.07) is 6.03. The molecule has 3 aromatic rings. The maximum Gasteiger partial charge on any atom is 0.243 e. The zero-order chi connectivity index (χ0) is 22.6. The molecule has 1 saturated carbocycles. The molecule has 3 aromatic heterocycles. The summed E-state index contributed by atoms with van der Waals surface area (Å²) in [6.45, 7) is 4.11. The number of amides is 1. The molecule has 2 atom stereocenters. The lowest BCUT2D eigenvalue weighted by Crippen LogP contribution is -2.59. The van der Waals surface area contributed by atoms with Crippen molar-refractivity contribution in [1.82, 2.24) is 34.8 Å². The van der Waals surface area contributed by atoms with Crippen molar-refractivity contribution >= 4 is 29.3 Å². The molecule has 1 aliphatic carbocycles. The van der Waals surface area contributed by atoms with Gasteiger partial charge in [-0.2, -0.15) is 15.1 Å². The van der Waals surface area contributed by atoms with Crippen molar-refractivity contribution < 1.29 is 4.79 Å². The van der Waals surface area contributed by atoms with E-state index in [2.05, 4.69) is 36.7 Å². The minimum Gasteiger partial charge on any atom is -0.350 e. The third-order valence-electron chi connectivity index (χ3n) is 8.03. The van der Waals surface area contributed by atoms with E-state index in [4.69, 9.17) is 9.97 Å². The molecule has 4 saturated heterocycles. The Morgan fingerprint density at radius 3 is 2.76 bits per heavy atom. The van der Waals surface area contributed by atoms with Crippen molar-refractivity contribution in [2.45, 2.75) is 56.5 Å². The van der Waals surface area contributed by atoms with E-state index in [0.717, 1.165) is 37.4 Å². The van der Waals surface area contributed by atoms with Crippen LogP contribution in [0.25, 0.3) is 5.65 Å². The van der Waals surface area contributed by atoms with Gasteiger partial charge < -0.3 is 20.4 Å². The van der Waals surface area contributed by atoms with Gasteiger partial charge in [-0.3, -0.25) is 14.3 Å². The number of nitrogens with one attached hydrogen (secondary N) is 3. The van der Waals surface area contributed by atoms with Gasteiger partial charge in [0, 0.05) is 43.0 Å². The van der Waals surface area contributed by atoms with E-state index in [1.165, 1.54) is 44.5 Å². The van der Waals surface area contributed by atoms with Crippen LogP contribution in [-0.2, 0) is 4.79 Å². The number of aromatic amines is 1. The first-order valence-corrected chi connectivity index (χ1v) is 12.7. The van der Waals surface area contributed by atoms with Crippen molar-refractivity contribution in [1.29, 1.82) is 0 Å². The Bertz CT molecular complexity index is 1210. The molecule has 2 bridgehead atoms. The number of rotatable bonds is 6. The summed E-state index contributed by atoms with van der Waals surface area (Å²) in [5, 5.41) is 14.3. The topological polar surface area (TPSA) is 106 Å². The van der Waals surface area contributed by atoms with Crippen LogP contribution >= 0.6 is 0 Å². The lowest BCUT2D eigenvalue weighted by atomic mass is 9.84. The van der Waals surface area contributed by atoms with E-state index in [9.17, 15) is 4.79 Å². The fraction of sp³-hybridized carbons (Fsp3) is 0.583. The maximum absolute atomic E-state index is 13.4. The van der Waals surface area contributed by atoms with Gasteiger partial charge in [0.2, 0.25) is 17.8 Å². The van der Waals surface area contributed by atoms with Crippen LogP contribution in [0.1, 0.15) is 50.1 Å². The number of hydrogen-bond acceptors (Lipinski definition) is 7. The molecular weight excluding hydrogens is 430 g/mol. The molecule has 34 heavy (non-hydrogen) atoms. The van der Waals surface area contributed by atoms with E-state index in [-0.39, 0.29) is 18.0 Å². The van der Waals surface area contributed by atoms with Gasteiger partial charge in [-0.05, 0) is 69.7 Å². The molecule has 7 heterocycles. The second kappa shape index (κ2) is 7.97. The van der Waals surface area contributed by atoms with E-state index in [1.54, 1.807) is 0 Å². The zero-order valence-corrected chi connectivity index (χ0v) is 19.3. The highest BCUT2D eigenvalue weighted by molar-refractivity contribution is 5.85. The van der Waals surface area contributed by atoms with Gasteiger partial charge in [-0.15, -0.1) is 0 Å². The smallest absolute Gasteiger partial charge is 0.243 e. The summed E-state index contributed by atoms with van der Waals surface area (Å²) in [5.41, 5.74) is 1.97. The largest absolute Gasteiger partial charge is 0.350 e. The van der Waals surface area contributed by atoms with Crippen LogP contribution in [0, 0.1) is 5.92 Å². The summed E-state index contributed by atoms with van der Waals surface area (Å²) >= 11 is 0. The fourth-order valence-corrected chi connectivity index (χ4v) is 5.94. The lowest BCUT2D eigenvalue weighted by molar-refractivity contribution is -0.124. The number of anilines is 3. The van der Waals surface area contributed by atoms with Gasteiger partial charge in [-0.25, -0.2) is 0 Å². The summed E-state index contributed by atoms with van der Waals surface area (Å²) in [7, 11) is 0. The number of piperidine rings is 3. The average Bonchev–Trinajstić information content (AvgIpc) is 3.25. The standard InChI is InChI=1S/C24H31N9O/c34-22(25-18-14-31-11-7-16(18)8-12-31)19-3-1-9-32(19)24-27-21-4-2-10-33(21)23(28-24)26-20-13-17(29-30-20)15-5-6-15/h2,4,10,13,15-16,18-19H,1,3,5-9,11-12,14H2,(H,25,34)(H2,26,27,28,29,30)/t18-,19-/m0/s1. The van der Waals surface area contributed by atoms with Crippen molar-refractivity contribution in [2.75, 3.05) is 36.4 Å². The van der Waals surface area contributed by atoms with Gasteiger partial charge in [-0.1, -0.05) is 0 Å². The van der Waals surface area contributed by atoms with E-state index < -0.39 is 0 Å². The highest BCUT2D eigenvalue weighted by Crippen LogP contribution is 2.39. The number of carbonyl (C=O) groups is 1. The van der Waals surface area contributed by atoms with E-state index in [1.807, 2.05) is 22.7 Å². The first kappa shape index (κ1) is 20.3. The van der Waals surface area contributed by atoms with Crippen LogP contribution in [0.2, 0.25) is 0 Å². The van der Waals surface area contributed by atoms with Crippen LogP contribution in [0.15, 0.2) is 24.4 Å². The Morgan fingerprint density at radius 2 is 1.97 bits per heavy atom. The minimum absolute atomic E-state index is 0.117. The number of carbonyl (C=O) groups excluding carboxylic acids is 1. The third kappa shape index (κ3) is 3.60. The molecule has 5 fully saturated rings. The molecule has 0 spiro atoms. The Kier molecular flexibility index (Phi) is 4.75. The summed E-state index contributed by atoms with van der Waals surface area (Å²) in [6.07, 6.45) is 8.56. The molecule has 4 aliphatic heterocycles. The molecule has 178 valence electrons. The SMILES string of the molecule is O=C(N[C@H]1CN2CCC1CC2)[C@@H]1CCCN1c1nc(Nc2cc(C3CC3)[nH]n2)n2cccc2n1. The van der Waals surface area contributed by atoms with Gasteiger partial charge in [0.1, 0.15) is 11.7 Å². The van der Waals surface area contributed by atoms with Gasteiger partial charge in [0.05, 0.1) is 0 Å². The molecule has 1 amide bonds. The summed E-state index contributed by atoms with van der Waals surface area (Å²) in [4.78, 5) is 27.6. The van der Waals surface area contributed by atoms with Gasteiger partial charge >= 0.3 is 0 Å². The van der Waals surface area contributed by atoms with Crippen LogP contribution in [0.5, 0.6) is 0 Å². The Labute approximate surface area is 198 Å². The second-order valence-corrected chi connectivity index (χ2v) is 10.3. The highest BCUT2D eigenvalue weighted by atomic mass is 16.2. The van der Waals surface area contributed by atoms with Gasteiger partial charge in [0.25, 0.3) is 0 Å². The monoisotopic (exact) mass is 461 g/mol. The zero-order valence-electron chi connectivity index (χ0n) is 19.3. The van der Waals surface area contributed by atoms with Crippen molar-refractivity contribution in [3.05, 3.63) is 30.1 Å². The second-order valence-electron chi connectivity index (χ2n) is 10.3. The minimum atomic E-state index is -0.229. The van der Waals surface area contributed by atoms with Crippen LogP contribution < -0.4 is 15.5 Å². The lowest BCUT2D eigenvalue weighted by Gasteiger charge is -2.45. The molecule has 5 aliphatic rings. The average molecular weight is 462 g/mol. The number of hydrogen-bond donors (Lipinski definition) is 3. The predicted octanol–water partition coefficient (Wildman–Crippen LogP) is 2.25. The number of nitrogens with zero attached hydrogens (tertiary/aromatic N) is 6. The maximum atomic E-state index is 13.4. The normalized spacial score (nSPS) is 28.5. The molecule has 10 nitrogen and oxygen atoms in total. The molecule has 0 unspecified atom stereocenters. The number of fused-ring (bicyclic) bond motifs is 4. The number of aromatic nitrogens is 5. The Balaban J connectivity index is 1.13. The van der Waals surface area contributed by atoms with Crippen molar-refractivity contribution in [3.63, 3.8) is 0 Å². The first-order valence-electron chi connectivity index (χ1n) is 12.7. The van der Waals surface area contributed by atoms with Crippen LogP contribution in [-0.4, -0.2) is 73.6 Å².